The Labute approximate surface area is 117 Å². The zero-order valence-electron chi connectivity index (χ0n) is 12.6. The van der Waals surface area contributed by atoms with Crippen LogP contribution >= 0.6 is 0 Å². The maximum Gasteiger partial charge on any atom is 0.124 e. The van der Waals surface area contributed by atoms with E-state index in [9.17, 15) is 0 Å². The van der Waals surface area contributed by atoms with Gasteiger partial charge in [0.05, 0.1) is 0 Å². The number of rotatable bonds is 4. The molecule has 2 N–H and O–H groups in total. The summed E-state index contributed by atoms with van der Waals surface area (Å²) >= 11 is 0. The van der Waals surface area contributed by atoms with Crippen molar-refractivity contribution in [2.75, 3.05) is 0 Å². The number of fused-ring (bicyclic) bond motifs is 1. The molecular weight excluding hydrogens is 234 g/mol. The first-order chi connectivity index (χ1) is 8.92. The molecule has 2 nitrogen and oxygen atoms in total. The van der Waals surface area contributed by atoms with Crippen LogP contribution in [0.15, 0.2) is 24.3 Å². The number of para-hydroxylation sites is 1. The molecule has 1 aromatic carbocycles. The minimum Gasteiger partial charge on any atom is -0.487 e. The van der Waals surface area contributed by atoms with Crippen LogP contribution in [-0.4, -0.2) is 5.60 Å². The maximum atomic E-state index is 6.43. The van der Waals surface area contributed by atoms with E-state index in [1.54, 1.807) is 0 Å². The van der Waals surface area contributed by atoms with Crippen LogP contribution in [0.2, 0.25) is 0 Å². The number of nitrogens with two attached hydrogens (primary N) is 1. The molecule has 0 aromatic heterocycles. The van der Waals surface area contributed by atoms with Gasteiger partial charge >= 0.3 is 0 Å². The highest BCUT2D eigenvalue weighted by Gasteiger charge is 2.40. The summed E-state index contributed by atoms with van der Waals surface area (Å²) < 4.78 is 6.43. The molecule has 19 heavy (non-hydrogen) atoms. The van der Waals surface area contributed by atoms with Crippen LogP contribution in [0, 0.1) is 11.8 Å². The van der Waals surface area contributed by atoms with Crippen molar-refractivity contribution in [1.29, 1.82) is 0 Å². The second kappa shape index (κ2) is 5.54. The summed E-state index contributed by atoms with van der Waals surface area (Å²) in [5.74, 6) is 2.23. The van der Waals surface area contributed by atoms with Gasteiger partial charge in [0.1, 0.15) is 11.4 Å². The Morgan fingerprint density at radius 3 is 2.32 bits per heavy atom. The molecule has 0 saturated heterocycles. The van der Waals surface area contributed by atoms with Gasteiger partial charge in [-0.1, -0.05) is 45.9 Å². The lowest BCUT2D eigenvalue weighted by molar-refractivity contribution is -0.00160. The van der Waals surface area contributed by atoms with Crippen LogP contribution in [0.3, 0.4) is 0 Å². The van der Waals surface area contributed by atoms with E-state index in [0.29, 0.717) is 11.8 Å². The van der Waals surface area contributed by atoms with Crippen molar-refractivity contribution in [2.45, 2.75) is 58.6 Å². The molecule has 0 amide bonds. The Morgan fingerprint density at radius 2 is 1.74 bits per heavy atom. The first kappa shape index (κ1) is 14.4. The Hall–Kier alpha value is -1.02. The van der Waals surface area contributed by atoms with Crippen molar-refractivity contribution in [3.63, 3.8) is 0 Å². The highest BCUT2D eigenvalue weighted by Crippen LogP contribution is 2.44. The second-order valence-electron chi connectivity index (χ2n) is 6.83. The van der Waals surface area contributed by atoms with Crippen LogP contribution in [0.4, 0.5) is 0 Å². The molecule has 0 bridgehead atoms. The molecule has 1 aliphatic rings. The SMILES string of the molecule is CC(C)CC1(CC(C)C)CC(N)c2ccccc2O1. The van der Waals surface area contributed by atoms with Gasteiger partial charge in [-0.25, -0.2) is 0 Å². The largest absolute Gasteiger partial charge is 0.487 e. The Balaban J connectivity index is 2.31. The summed E-state index contributed by atoms with van der Waals surface area (Å²) in [4.78, 5) is 0. The van der Waals surface area contributed by atoms with Crippen molar-refractivity contribution in [3.8, 4) is 5.75 Å². The summed E-state index contributed by atoms with van der Waals surface area (Å²) in [6.45, 7) is 9.05. The van der Waals surface area contributed by atoms with Crippen LogP contribution in [-0.2, 0) is 0 Å². The average Bonchev–Trinajstić information content (AvgIpc) is 2.26. The van der Waals surface area contributed by atoms with Gasteiger partial charge in [0.2, 0.25) is 0 Å². The molecule has 1 heterocycles. The van der Waals surface area contributed by atoms with E-state index >= 15 is 0 Å². The highest BCUT2D eigenvalue weighted by atomic mass is 16.5. The lowest BCUT2D eigenvalue weighted by atomic mass is 9.77. The quantitative estimate of drug-likeness (QED) is 0.877. The fourth-order valence-electron chi connectivity index (χ4n) is 3.49. The molecule has 106 valence electrons. The molecule has 1 aliphatic heterocycles. The summed E-state index contributed by atoms with van der Waals surface area (Å²) in [7, 11) is 0. The smallest absolute Gasteiger partial charge is 0.124 e. The van der Waals surface area contributed by atoms with E-state index < -0.39 is 0 Å². The Bertz CT molecular complexity index is 415. The van der Waals surface area contributed by atoms with E-state index in [4.69, 9.17) is 10.5 Å². The molecular formula is C17H27NO. The predicted octanol–water partition coefficient (Wildman–Crippen LogP) is 4.30. The normalized spacial score (nSPS) is 21.3. The van der Waals surface area contributed by atoms with Crippen molar-refractivity contribution in [2.24, 2.45) is 17.6 Å². The molecule has 0 fully saturated rings. The van der Waals surface area contributed by atoms with E-state index in [0.717, 1.165) is 30.6 Å². The van der Waals surface area contributed by atoms with E-state index in [2.05, 4.69) is 39.8 Å². The summed E-state index contributed by atoms with van der Waals surface area (Å²) in [6.07, 6.45) is 3.08. The molecule has 0 spiro atoms. The molecule has 0 radical (unpaired) electrons. The van der Waals surface area contributed by atoms with E-state index in [-0.39, 0.29) is 11.6 Å². The maximum absolute atomic E-state index is 6.43. The van der Waals surface area contributed by atoms with Crippen LogP contribution in [0.5, 0.6) is 5.75 Å². The highest BCUT2D eigenvalue weighted by molar-refractivity contribution is 5.38. The monoisotopic (exact) mass is 261 g/mol. The minimum absolute atomic E-state index is 0.0872. The first-order valence-electron chi connectivity index (χ1n) is 7.45. The molecule has 1 atom stereocenters. The first-order valence-corrected chi connectivity index (χ1v) is 7.45. The summed E-state index contributed by atoms with van der Waals surface area (Å²) in [5, 5.41) is 0. The third-order valence-corrected chi connectivity index (χ3v) is 3.80. The fourth-order valence-corrected chi connectivity index (χ4v) is 3.49. The zero-order chi connectivity index (χ0) is 14.0. The number of ether oxygens (including phenoxy) is 1. The van der Waals surface area contributed by atoms with Crippen molar-refractivity contribution in [1.82, 2.24) is 0 Å². The van der Waals surface area contributed by atoms with Gasteiger partial charge in [-0.2, -0.15) is 0 Å². The summed E-state index contributed by atoms with van der Waals surface area (Å²) in [6, 6.07) is 8.33. The minimum atomic E-state index is -0.0872. The van der Waals surface area contributed by atoms with Crippen molar-refractivity contribution < 1.29 is 4.74 Å². The zero-order valence-corrected chi connectivity index (χ0v) is 12.6. The molecule has 2 rings (SSSR count). The summed E-state index contributed by atoms with van der Waals surface area (Å²) in [5.41, 5.74) is 7.46. The van der Waals surface area contributed by atoms with Crippen LogP contribution in [0.1, 0.15) is 58.6 Å². The number of hydrogen-bond acceptors (Lipinski definition) is 2. The Morgan fingerprint density at radius 1 is 1.16 bits per heavy atom. The molecule has 1 aromatic rings. The second-order valence-corrected chi connectivity index (χ2v) is 6.83. The molecule has 0 aliphatic carbocycles. The van der Waals surface area contributed by atoms with Gasteiger partial charge < -0.3 is 10.5 Å². The Kier molecular flexibility index (Phi) is 4.19. The molecule has 2 heteroatoms. The topological polar surface area (TPSA) is 35.2 Å². The molecule has 0 saturated carbocycles. The van der Waals surface area contributed by atoms with E-state index in [1.807, 2.05) is 12.1 Å². The van der Waals surface area contributed by atoms with Crippen molar-refractivity contribution in [3.05, 3.63) is 29.8 Å². The predicted molar refractivity (Wildman–Crippen MR) is 80.3 cm³/mol. The van der Waals surface area contributed by atoms with Crippen molar-refractivity contribution >= 4 is 0 Å². The average molecular weight is 261 g/mol. The fraction of sp³-hybridized carbons (Fsp3) is 0.647. The lowest BCUT2D eigenvalue weighted by Gasteiger charge is -2.43. The third kappa shape index (κ3) is 3.30. The van der Waals surface area contributed by atoms with E-state index in [1.165, 1.54) is 0 Å². The molecule has 1 unspecified atom stereocenters. The standard InChI is InChI=1S/C17H27NO/c1-12(2)9-17(10-13(3)4)11-15(18)14-7-5-6-8-16(14)19-17/h5-8,12-13,15H,9-11,18H2,1-4H3. The number of hydrogen-bond donors (Lipinski definition) is 1. The van der Waals surface area contributed by atoms with Crippen LogP contribution in [0.25, 0.3) is 0 Å². The van der Waals surface area contributed by atoms with Gasteiger partial charge in [0.25, 0.3) is 0 Å². The number of benzene rings is 1. The van der Waals surface area contributed by atoms with Gasteiger partial charge in [-0.3, -0.25) is 0 Å². The van der Waals surface area contributed by atoms with Gasteiger partial charge in [0, 0.05) is 18.0 Å². The third-order valence-electron chi connectivity index (χ3n) is 3.80. The lowest BCUT2D eigenvalue weighted by Crippen LogP contribution is -2.45. The van der Waals surface area contributed by atoms with Gasteiger partial charge in [0.15, 0.2) is 0 Å². The van der Waals surface area contributed by atoms with Crippen LogP contribution < -0.4 is 10.5 Å². The van der Waals surface area contributed by atoms with Gasteiger partial charge in [-0.05, 0) is 30.7 Å². The van der Waals surface area contributed by atoms with Gasteiger partial charge in [-0.15, -0.1) is 0 Å².